The summed E-state index contributed by atoms with van der Waals surface area (Å²) < 4.78 is 1.74. The van der Waals surface area contributed by atoms with Crippen LogP contribution in [0, 0.1) is 0 Å². The van der Waals surface area contributed by atoms with Gasteiger partial charge in [0, 0.05) is 18.0 Å². The minimum absolute atomic E-state index is 0.0481. The first kappa shape index (κ1) is 11.5. The van der Waals surface area contributed by atoms with E-state index in [4.69, 9.17) is 0 Å². The molecule has 3 aromatic rings. The van der Waals surface area contributed by atoms with Gasteiger partial charge in [0.2, 0.25) is 5.78 Å². The number of hydrogen-bond donors (Lipinski definition) is 1. The van der Waals surface area contributed by atoms with Crippen LogP contribution in [0.1, 0.15) is 16.1 Å². The second kappa shape index (κ2) is 4.28. The molecule has 0 amide bonds. The number of hydrogen-bond acceptors (Lipinski definition) is 2. The Morgan fingerprint density at radius 2 is 1.63 bits per heavy atom. The van der Waals surface area contributed by atoms with Crippen LogP contribution in [0.15, 0.2) is 54.6 Å². The quantitative estimate of drug-likeness (QED) is 0.711. The molecule has 3 nitrogen and oxygen atoms in total. The number of rotatable bonds is 2. The Bertz CT molecular complexity index is 718. The fourth-order valence-corrected chi connectivity index (χ4v) is 2.36. The van der Waals surface area contributed by atoms with E-state index in [1.807, 2.05) is 42.5 Å². The van der Waals surface area contributed by atoms with Gasteiger partial charge in [0.1, 0.15) is 5.69 Å². The van der Waals surface area contributed by atoms with Crippen LogP contribution < -0.4 is 0 Å². The normalized spacial score (nSPS) is 10.8. The average molecular weight is 251 g/mol. The molecule has 0 aliphatic carbocycles. The number of nitrogens with zero attached hydrogens (tertiary/aromatic N) is 1. The Kier molecular flexibility index (Phi) is 2.60. The molecule has 0 spiro atoms. The monoisotopic (exact) mass is 251 g/mol. The summed E-state index contributed by atoms with van der Waals surface area (Å²) >= 11 is 0. The third-order valence-corrected chi connectivity index (χ3v) is 3.33. The lowest BCUT2D eigenvalue weighted by atomic mass is 10.1. The van der Waals surface area contributed by atoms with Crippen LogP contribution in [0.2, 0.25) is 0 Å². The second-order valence-electron chi connectivity index (χ2n) is 4.47. The van der Waals surface area contributed by atoms with Crippen molar-refractivity contribution in [3.63, 3.8) is 0 Å². The molecule has 0 bridgehead atoms. The summed E-state index contributed by atoms with van der Waals surface area (Å²) in [5.41, 5.74) is 1.75. The number of benzene rings is 2. The molecule has 19 heavy (non-hydrogen) atoms. The Balaban J connectivity index is 2.24. The highest BCUT2D eigenvalue weighted by atomic mass is 16.3. The van der Waals surface area contributed by atoms with Gasteiger partial charge in [-0.3, -0.25) is 4.79 Å². The van der Waals surface area contributed by atoms with Gasteiger partial charge in [-0.05, 0) is 12.1 Å². The van der Waals surface area contributed by atoms with Gasteiger partial charge in [0.05, 0.1) is 5.52 Å². The van der Waals surface area contributed by atoms with Crippen molar-refractivity contribution in [1.29, 1.82) is 0 Å². The third-order valence-electron chi connectivity index (χ3n) is 3.33. The van der Waals surface area contributed by atoms with E-state index in [1.54, 1.807) is 23.7 Å². The highest BCUT2D eigenvalue weighted by Gasteiger charge is 2.21. The maximum atomic E-state index is 12.5. The molecule has 0 atom stereocenters. The zero-order valence-electron chi connectivity index (χ0n) is 10.5. The van der Waals surface area contributed by atoms with Gasteiger partial charge in [-0.2, -0.15) is 0 Å². The summed E-state index contributed by atoms with van der Waals surface area (Å²) in [6.07, 6.45) is 0. The van der Waals surface area contributed by atoms with E-state index in [1.165, 1.54) is 0 Å². The van der Waals surface area contributed by atoms with Crippen molar-refractivity contribution >= 4 is 16.7 Å². The van der Waals surface area contributed by atoms with Gasteiger partial charge in [0.25, 0.3) is 0 Å². The molecule has 1 N–H and O–H groups in total. The predicted molar refractivity (Wildman–Crippen MR) is 74.5 cm³/mol. The summed E-state index contributed by atoms with van der Waals surface area (Å²) in [6, 6.07) is 16.4. The molecule has 0 unspecified atom stereocenters. The molecule has 94 valence electrons. The predicted octanol–water partition coefficient (Wildman–Crippen LogP) is 3.11. The van der Waals surface area contributed by atoms with Crippen molar-refractivity contribution in [3.8, 4) is 5.75 Å². The van der Waals surface area contributed by atoms with Crippen molar-refractivity contribution in [2.24, 2.45) is 7.05 Å². The number of fused-ring (bicyclic) bond motifs is 1. The maximum Gasteiger partial charge on any atom is 0.213 e. The van der Waals surface area contributed by atoms with Crippen molar-refractivity contribution in [2.75, 3.05) is 0 Å². The van der Waals surface area contributed by atoms with Crippen LogP contribution in [0.25, 0.3) is 10.9 Å². The van der Waals surface area contributed by atoms with E-state index < -0.39 is 0 Å². The van der Waals surface area contributed by atoms with Crippen LogP contribution in [0.5, 0.6) is 5.75 Å². The molecule has 0 saturated heterocycles. The Labute approximate surface area is 110 Å². The van der Waals surface area contributed by atoms with E-state index in [-0.39, 0.29) is 11.5 Å². The highest BCUT2D eigenvalue weighted by molar-refractivity contribution is 6.13. The number of para-hydroxylation sites is 1. The Hall–Kier alpha value is -2.55. The summed E-state index contributed by atoms with van der Waals surface area (Å²) in [4.78, 5) is 12.5. The molecule has 0 aliphatic rings. The Morgan fingerprint density at radius 3 is 2.32 bits per heavy atom. The minimum atomic E-state index is -0.170. The van der Waals surface area contributed by atoms with E-state index in [0.29, 0.717) is 16.6 Å². The van der Waals surface area contributed by atoms with E-state index in [2.05, 4.69) is 0 Å². The summed E-state index contributed by atoms with van der Waals surface area (Å²) in [6.45, 7) is 0. The molecular formula is C16H13NO2. The summed E-state index contributed by atoms with van der Waals surface area (Å²) in [7, 11) is 1.79. The first-order chi connectivity index (χ1) is 9.20. The molecule has 0 fully saturated rings. The van der Waals surface area contributed by atoms with Crippen LogP contribution in [0.3, 0.4) is 0 Å². The summed E-state index contributed by atoms with van der Waals surface area (Å²) in [5.74, 6) is -0.122. The molecule has 3 rings (SSSR count). The molecule has 2 aromatic carbocycles. The van der Waals surface area contributed by atoms with E-state index >= 15 is 0 Å². The smallest absolute Gasteiger partial charge is 0.213 e. The fourth-order valence-electron chi connectivity index (χ4n) is 2.36. The number of carbonyl (C=O) groups is 1. The number of aromatic hydroxyl groups is 1. The van der Waals surface area contributed by atoms with Gasteiger partial charge in [0.15, 0.2) is 5.75 Å². The molecule has 0 radical (unpaired) electrons. The number of carbonyl (C=O) groups excluding carboxylic acids is 1. The van der Waals surface area contributed by atoms with Gasteiger partial charge >= 0.3 is 0 Å². The van der Waals surface area contributed by atoms with Gasteiger partial charge in [-0.1, -0.05) is 42.5 Å². The minimum Gasteiger partial charge on any atom is -0.505 e. The molecule has 1 heterocycles. The highest BCUT2D eigenvalue weighted by Crippen LogP contribution is 2.32. The van der Waals surface area contributed by atoms with E-state index in [0.717, 1.165) is 5.52 Å². The third kappa shape index (κ3) is 1.71. The second-order valence-corrected chi connectivity index (χ2v) is 4.47. The van der Waals surface area contributed by atoms with Crippen LogP contribution in [-0.2, 0) is 7.05 Å². The van der Waals surface area contributed by atoms with Crippen LogP contribution in [-0.4, -0.2) is 15.5 Å². The van der Waals surface area contributed by atoms with Gasteiger partial charge < -0.3 is 9.67 Å². The lowest BCUT2D eigenvalue weighted by Gasteiger charge is -2.03. The topological polar surface area (TPSA) is 42.2 Å². The average Bonchev–Trinajstić information content (AvgIpc) is 2.72. The lowest BCUT2D eigenvalue weighted by Crippen LogP contribution is -2.07. The first-order valence-electron chi connectivity index (χ1n) is 6.06. The lowest BCUT2D eigenvalue weighted by molar-refractivity contribution is 0.102. The zero-order valence-corrected chi connectivity index (χ0v) is 10.5. The first-order valence-corrected chi connectivity index (χ1v) is 6.06. The van der Waals surface area contributed by atoms with Crippen LogP contribution >= 0.6 is 0 Å². The van der Waals surface area contributed by atoms with Crippen molar-refractivity contribution in [3.05, 3.63) is 65.9 Å². The fraction of sp³-hybridized carbons (Fsp3) is 0.0625. The SMILES string of the molecule is Cn1c(C(=O)c2ccccc2)c(O)c2ccccc21. The number of aromatic nitrogens is 1. The standard InChI is InChI=1S/C16H13NO2/c1-17-13-10-6-5-9-12(13)16(19)14(17)15(18)11-7-3-2-4-8-11/h2-10,19H,1H3. The zero-order chi connectivity index (χ0) is 13.4. The van der Waals surface area contributed by atoms with Gasteiger partial charge in [-0.15, -0.1) is 0 Å². The van der Waals surface area contributed by atoms with Crippen molar-refractivity contribution in [1.82, 2.24) is 4.57 Å². The van der Waals surface area contributed by atoms with Crippen molar-refractivity contribution < 1.29 is 9.90 Å². The molecule has 0 aliphatic heterocycles. The largest absolute Gasteiger partial charge is 0.505 e. The molecular weight excluding hydrogens is 238 g/mol. The van der Waals surface area contributed by atoms with E-state index in [9.17, 15) is 9.90 Å². The number of aryl methyl sites for hydroxylation is 1. The Morgan fingerprint density at radius 1 is 1.00 bits per heavy atom. The number of ketones is 1. The molecule has 3 heteroatoms. The molecule has 1 aromatic heterocycles. The van der Waals surface area contributed by atoms with Gasteiger partial charge in [-0.25, -0.2) is 0 Å². The van der Waals surface area contributed by atoms with Crippen molar-refractivity contribution in [2.45, 2.75) is 0 Å². The maximum absolute atomic E-state index is 12.5. The summed E-state index contributed by atoms with van der Waals surface area (Å²) in [5, 5.41) is 11.0. The molecule has 0 saturated carbocycles. The van der Waals surface area contributed by atoms with Crippen LogP contribution in [0.4, 0.5) is 0 Å².